The minimum Gasteiger partial charge on any atom is -0.434 e. The van der Waals surface area contributed by atoms with Crippen molar-refractivity contribution >= 4 is 16.1 Å². The van der Waals surface area contributed by atoms with Gasteiger partial charge in [-0.15, -0.1) is 0 Å². The number of esters is 1. The fraction of sp³-hybridized carbons (Fsp3) is 0.133. The van der Waals surface area contributed by atoms with Gasteiger partial charge in [0.1, 0.15) is 0 Å². The van der Waals surface area contributed by atoms with Crippen LogP contribution in [0.25, 0.3) is 11.1 Å². The molecule has 2 rings (SSSR count). The number of benzene rings is 2. The van der Waals surface area contributed by atoms with Crippen LogP contribution in [0.4, 0.5) is 8.78 Å². The average molecular weight is 342 g/mol. The van der Waals surface area contributed by atoms with Crippen molar-refractivity contribution in [2.24, 2.45) is 0 Å². The normalized spacial score (nSPS) is 11.4. The lowest BCUT2D eigenvalue weighted by Gasteiger charge is -2.07. The van der Waals surface area contributed by atoms with Crippen LogP contribution in [0, 0.1) is 0 Å². The van der Waals surface area contributed by atoms with E-state index in [1.54, 1.807) is 12.1 Å². The van der Waals surface area contributed by atoms with E-state index in [0.29, 0.717) is 0 Å². The highest BCUT2D eigenvalue weighted by molar-refractivity contribution is 7.87. The van der Waals surface area contributed by atoms with Crippen LogP contribution < -0.4 is 0 Å². The Morgan fingerprint density at radius 1 is 0.957 bits per heavy atom. The highest BCUT2D eigenvalue weighted by Crippen LogP contribution is 2.19. The third-order valence-electron chi connectivity index (χ3n) is 2.85. The lowest BCUT2D eigenvalue weighted by molar-refractivity contribution is 0.0147. The summed E-state index contributed by atoms with van der Waals surface area (Å²) in [6, 6.07) is 15.7. The molecule has 0 radical (unpaired) electrons. The molecule has 23 heavy (non-hydrogen) atoms. The van der Waals surface area contributed by atoms with Gasteiger partial charge >= 0.3 is 21.8 Å². The van der Waals surface area contributed by atoms with Gasteiger partial charge in [-0.25, -0.2) is 8.98 Å². The van der Waals surface area contributed by atoms with Crippen molar-refractivity contribution in [3.63, 3.8) is 0 Å². The van der Waals surface area contributed by atoms with E-state index in [2.05, 4.69) is 8.92 Å². The van der Waals surface area contributed by atoms with Crippen molar-refractivity contribution in [3.8, 4) is 11.1 Å². The molecule has 0 saturated carbocycles. The monoisotopic (exact) mass is 342 g/mol. The third-order valence-corrected chi connectivity index (χ3v) is 3.71. The second kappa shape index (κ2) is 7.30. The number of alkyl halides is 2. The topological polar surface area (TPSA) is 69.7 Å². The lowest BCUT2D eigenvalue weighted by Crippen LogP contribution is -2.18. The second-order valence-electron chi connectivity index (χ2n) is 4.36. The van der Waals surface area contributed by atoms with E-state index >= 15 is 0 Å². The summed E-state index contributed by atoms with van der Waals surface area (Å²) in [6.07, 6.45) is 0. The molecular weight excluding hydrogens is 330 g/mol. The van der Waals surface area contributed by atoms with Gasteiger partial charge in [0.25, 0.3) is 0 Å². The van der Waals surface area contributed by atoms with Gasteiger partial charge in [0, 0.05) is 0 Å². The molecule has 0 aromatic heterocycles. The van der Waals surface area contributed by atoms with Crippen molar-refractivity contribution < 1.29 is 30.9 Å². The molecule has 0 atom stereocenters. The molecule has 5 nitrogen and oxygen atoms in total. The summed E-state index contributed by atoms with van der Waals surface area (Å²) in [5, 5.41) is 0. The molecule has 8 heteroatoms. The Hall–Kier alpha value is -2.32. The van der Waals surface area contributed by atoms with Gasteiger partial charge in [-0.1, -0.05) is 42.5 Å². The molecule has 0 N–H and O–H groups in total. The number of hydrogen-bond acceptors (Lipinski definition) is 5. The number of hydrogen-bond donors (Lipinski definition) is 0. The summed E-state index contributed by atoms with van der Waals surface area (Å²) in [6.45, 7) is -1.11. The summed E-state index contributed by atoms with van der Waals surface area (Å²) in [4.78, 5) is 11.7. The smallest absolute Gasteiger partial charge is 0.361 e. The maximum absolute atomic E-state index is 12.0. The first kappa shape index (κ1) is 17.0. The zero-order valence-corrected chi connectivity index (χ0v) is 12.5. The summed E-state index contributed by atoms with van der Waals surface area (Å²) in [5.41, 5.74) is 1.97. The molecule has 0 bridgehead atoms. The molecule has 0 unspecified atom stereocenters. The molecule has 122 valence electrons. The van der Waals surface area contributed by atoms with Gasteiger partial charge in [0.15, 0.2) is 0 Å². The van der Waals surface area contributed by atoms with Crippen LogP contribution in [-0.4, -0.2) is 26.9 Å². The van der Waals surface area contributed by atoms with Crippen LogP contribution in [0.2, 0.25) is 0 Å². The van der Waals surface area contributed by atoms with Crippen LogP contribution in [0.15, 0.2) is 54.6 Å². The van der Waals surface area contributed by atoms with Crippen molar-refractivity contribution in [1.82, 2.24) is 0 Å². The Bertz CT molecular complexity index is 758. The van der Waals surface area contributed by atoms with Crippen molar-refractivity contribution in [3.05, 3.63) is 60.2 Å². The molecule has 0 fully saturated rings. The molecule has 2 aromatic rings. The minimum atomic E-state index is -5.03. The fourth-order valence-corrected chi connectivity index (χ4v) is 1.99. The molecule has 0 amide bonds. The van der Waals surface area contributed by atoms with E-state index in [1.165, 1.54) is 12.1 Å². The van der Waals surface area contributed by atoms with Crippen molar-refractivity contribution in [1.29, 1.82) is 0 Å². The lowest BCUT2D eigenvalue weighted by atomic mass is 10.0. The molecular formula is C15H12F2O5S. The first-order chi connectivity index (χ1) is 10.9. The first-order valence-electron chi connectivity index (χ1n) is 6.39. The van der Waals surface area contributed by atoms with E-state index in [-0.39, 0.29) is 5.56 Å². The minimum absolute atomic E-state index is 0.141. The number of carbonyl (C=O) groups excluding carboxylic acids is 1. The fourth-order valence-electron chi connectivity index (χ4n) is 1.71. The predicted molar refractivity (Wildman–Crippen MR) is 78.2 cm³/mol. The Labute approximate surface area is 131 Å². The van der Waals surface area contributed by atoms with Crippen LogP contribution >= 0.6 is 0 Å². The molecule has 0 aliphatic rings. The predicted octanol–water partition coefficient (Wildman–Crippen LogP) is 3.04. The summed E-state index contributed by atoms with van der Waals surface area (Å²) in [7, 11) is -5.03. The van der Waals surface area contributed by atoms with Crippen molar-refractivity contribution in [2.45, 2.75) is 5.76 Å². The van der Waals surface area contributed by atoms with E-state index in [1.807, 2.05) is 30.3 Å². The van der Waals surface area contributed by atoms with Gasteiger partial charge in [-0.2, -0.15) is 17.2 Å². The third kappa shape index (κ3) is 4.57. The zero-order valence-electron chi connectivity index (χ0n) is 11.7. The van der Waals surface area contributed by atoms with E-state index in [9.17, 15) is 22.0 Å². The van der Waals surface area contributed by atoms with Gasteiger partial charge in [0.2, 0.25) is 6.79 Å². The number of ether oxygens (including phenoxy) is 1. The number of rotatable bonds is 6. The van der Waals surface area contributed by atoms with Crippen LogP contribution in [0.3, 0.4) is 0 Å². The standard InChI is InChI=1S/C15H12F2O5S/c16-15(17)23(19,20)22-10-21-14(18)13-8-6-12(7-9-13)11-4-2-1-3-5-11/h1-9,15H,10H2. The van der Waals surface area contributed by atoms with Gasteiger partial charge in [-0.3, -0.25) is 0 Å². The number of carbonyl (C=O) groups is 1. The largest absolute Gasteiger partial charge is 0.434 e. The molecule has 0 heterocycles. The van der Waals surface area contributed by atoms with E-state index in [0.717, 1.165) is 11.1 Å². The number of halogens is 2. The summed E-state index contributed by atoms with van der Waals surface area (Å²) < 4.78 is 53.7. The highest BCUT2D eigenvalue weighted by Gasteiger charge is 2.25. The van der Waals surface area contributed by atoms with E-state index < -0.39 is 28.6 Å². The Balaban J connectivity index is 1.96. The maximum atomic E-state index is 12.0. The molecule has 0 aliphatic carbocycles. The van der Waals surface area contributed by atoms with Crippen LogP contribution in [0.1, 0.15) is 10.4 Å². The average Bonchev–Trinajstić information content (AvgIpc) is 2.55. The van der Waals surface area contributed by atoms with Gasteiger partial charge < -0.3 is 4.74 Å². The molecule has 0 saturated heterocycles. The Morgan fingerprint density at radius 3 is 2.09 bits per heavy atom. The molecule has 2 aromatic carbocycles. The quantitative estimate of drug-likeness (QED) is 0.458. The molecule has 0 aliphatic heterocycles. The van der Waals surface area contributed by atoms with Gasteiger partial charge in [-0.05, 0) is 23.3 Å². The summed E-state index contributed by atoms with van der Waals surface area (Å²) in [5.74, 6) is -4.57. The highest BCUT2D eigenvalue weighted by atomic mass is 32.2. The maximum Gasteiger partial charge on any atom is 0.361 e. The van der Waals surface area contributed by atoms with Gasteiger partial charge in [0.05, 0.1) is 5.56 Å². The van der Waals surface area contributed by atoms with Crippen molar-refractivity contribution in [2.75, 3.05) is 6.79 Å². The van der Waals surface area contributed by atoms with E-state index in [4.69, 9.17) is 0 Å². The SMILES string of the molecule is O=C(OCOS(=O)(=O)C(F)F)c1ccc(-c2ccccc2)cc1. The zero-order chi connectivity index (χ0) is 16.9. The Kier molecular flexibility index (Phi) is 5.41. The summed E-state index contributed by atoms with van der Waals surface area (Å²) >= 11 is 0. The van der Waals surface area contributed by atoms with Crippen LogP contribution in [-0.2, 0) is 19.0 Å². The second-order valence-corrected chi connectivity index (χ2v) is 5.94. The first-order valence-corrected chi connectivity index (χ1v) is 7.86. The molecule has 0 spiro atoms. The van der Waals surface area contributed by atoms with Crippen LogP contribution in [0.5, 0.6) is 0 Å². The Morgan fingerprint density at radius 2 is 1.52 bits per heavy atom.